The van der Waals surface area contributed by atoms with E-state index in [9.17, 15) is 4.79 Å². The van der Waals surface area contributed by atoms with Crippen LogP contribution in [0.5, 0.6) is 0 Å². The minimum atomic E-state index is -0.354. The quantitative estimate of drug-likeness (QED) is 0.345. The number of hydrogen-bond donors (Lipinski definition) is 1. The molecule has 0 bridgehead atoms. The number of nitrogens with one attached hydrogen (secondary N) is 1. The van der Waals surface area contributed by atoms with Crippen molar-refractivity contribution in [3.63, 3.8) is 0 Å². The first-order chi connectivity index (χ1) is 10.1. The fraction of sp³-hybridized carbons (Fsp3) is 0.533. The Hall–Kier alpha value is -2.04. The molecule has 0 radical (unpaired) electrons. The average Bonchev–Trinajstić information content (AvgIpc) is 2.45. The first-order valence-corrected chi connectivity index (χ1v) is 7.08. The molecule has 114 valence electrons. The van der Waals surface area contributed by atoms with Crippen LogP contribution in [-0.4, -0.2) is 24.7 Å². The molecule has 6 nitrogen and oxygen atoms in total. The summed E-state index contributed by atoms with van der Waals surface area (Å²) in [5.41, 5.74) is 10.3. The maximum absolute atomic E-state index is 12.0. The summed E-state index contributed by atoms with van der Waals surface area (Å²) in [6.45, 7) is 6.50. The number of carbonyl (C=O) groups is 1. The van der Waals surface area contributed by atoms with Gasteiger partial charge in [0.1, 0.15) is 6.04 Å². The van der Waals surface area contributed by atoms with Crippen LogP contribution in [-0.2, 0) is 22.5 Å². The van der Waals surface area contributed by atoms with Crippen molar-refractivity contribution < 1.29 is 9.53 Å². The summed E-state index contributed by atoms with van der Waals surface area (Å²) >= 11 is 0. The third-order valence-corrected chi connectivity index (χ3v) is 2.88. The maximum atomic E-state index is 12.0. The summed E-state index contributed by atoms with van der Waals surface area (Å²) in [6.07, 6.45) is 0.568. The molecule has 1 N–H and O–H groups in total. The monoisotopic (exact) mass is 290 g/mol. The van der Waals surface area contributed by atoms with Crippen molar-refractivity contribution in [2.75, 3.05) is 6.61 Å². The second-order valence-electron chi connectivity index (χ2n) is 5.04. The van der Waals surface area contributed by atoms with Gasteiger partial charge in [-0.2, -0.15) is 0 Å². The zero-order valence-corrected chi connectivity index (χ0v) is 12.7. The van der Waals surface area contributed by atoms with Crippen molar-refractivity contribution >= 4 is 5.97 Å². The predicted molar refractivity (Wildman–Crippen MR) is 81.7 cm³/mol. The van der Waals surface area contributed by atoms with E-state index >= 15 is 0 Å². The predicted octanol–water partition coefficient (Wildman–Crippen LogP) is 2.97. The number of azide groups is 1. The molecule has 0 aliphatic heterocycles. The Morgan fingerprint density at radius 2 is 1.95 bits per heavy atom. The fourth-order valence-electron chi connectivity index (χ4n) is 1.99. The van der Waals surface area contributed by atoms with Gasteiger partial charge >= 0.3 is 5.97 Å². The smallest absolute Gasteiger partial charge is 0.323 e. The molecule has 0 amide bonds. The number of rotatable bonds is 8. The number of benzene rings is 1. The van der Waals surface area contributed by atoms with Gasteiger partial charge in [-0.15, -0.1) is 0 Å². The first-order valence-electron chi connectivity index (χ1n) is 7.08. The van der Waals surface area contributed by atoms with Gasteiger partial charge in [-0.25, -0.2) is 0 Å². The van der Waals surface area contributed by atoms with E-state index in [2.05, 4.69) is 15.3 Å². The minimum absolute atomic E-state index is 0.198. The van der Waals surface area contributed by atoms with E-state index in [1.54, 1.807) is 6.92 Å². The normalized spacial score (nSPS) is 11.8. The van der Waals surface area contributed by atoms with E-state index in [-0.39, 0.29) is 18.1 Å². The van der Waals surface area contributed by atoms with Gasteiger partial charge in [0.25, 0.3) is 0 Å². The van der Waals surface area contributed by atoms with Crippen LogP contribution < -0.4 is 5.32 Å². The molecule has 0 aliphatic carbocycles. The van der Waals surface area contributed by atoms with Crippen LogP contribution in [0.2, 0.25) is 0 Å². The Balaban J connectivity index is 2.73. The zero-order chi connectivity index (χ0) is 15.7. The van der Waals surface area contributed by atoms with E-state index in [1.807, 2.05) is 38.1 Å². The van der Waals surface area contributed by atoms with E-state index in [1.165, 1.54) is 0 Å². The lowest BCUT2D eigenvalue weighted by molar-refractivity contribution is -0.145. The number of esters is 1. The average molecular weight is 290 g/mol. The van der Waals surface area contributed by atoms with Crippen LogP contribution in [0.1, 0.15) is 31.9 Å². The largest absolute Gasteiger partial charge is 0.465 e. The summed E-state index contributed by atoms with van der Waals surface area (Å²) in [5.74, 6) is -0.232. The lowest BCUT2D eigenvalue weighted by Crippen LogP contribution is -2.43. The number of ether oxygens (including phenoxy) is 1. The van der Waals surface area contributed by atoms with E-state index in [0.29, 0.717) is 19.6 Å². The van der Waals surface area contributed by atoms with Gasteiger partial charge in [0.15, 0.2) is 0 Å². The molecule has 21 heavy (non-hydrogen) atoms. The Morgan fingerprint density at radius 3 is 2.48 bits per heavy atom. The van der Waals surface area contributed by atoms with E-state index < -0.39 is 0 Å². The van der Waals surface area contributed by atoms with Gasteiger partial charge in [0, 0.05) is 11.0 Å². The van der Waals surface area contributed by atoms with Crippen molar-refractivity contribution in [2.45, 2.75) is 45.8 Å². The van der Waals surface area contributed by atoms with Crippen molar-refractivity contribution in [3.05, 3.63) is 45.8 Å². The molecule has 0 saturated carbocycles. The first kappa shape index (κ1) is 17.0. The molecule has 1 aromatic carbocycles. The topological polar surface area (TPSA) is 87.1 Å². The third kappa shape index (κ3) is 6.29. The van der Waals surface area contributed by atoms with Crippen LogP contribution in [0.15, 0.2) is 29.4 Å². The molecule has 6 heteroatoms. The summed E-state index contributed by atoms with van der Waals surface area (Å²) in [4.78, 5) is 14.7. The van der Waals surface area contributed by atoms with Gasteiger partial charge in [0.2, 0.25) is 0 Å². The SMILES string of the molecule is CCOC(=O)[C@H](Cc1ccc(CN=[N+]=[N-])cc1)NC(C)C. The molecule has 0 unspecified atom stereocenters. The van der Waals surface area contributed by atoms with Gasteiger partial charge in [-0.05, 0) is 30.0 Å². The summed E-state index contributed by atoms with van der Waals surface area (Å²) in [7, 11) is 0. The van der Waals surface area contributed by atoms with Crippen molar-refractivity contribution in [1.29, 1.82) is 0 Å². The van der Waals surface area contributed by atoms with Crippen molar-refractivity contribution in [1.82, 2.24) is 5.32 Å². The van der Waals surface area contributed by atoms with Crippen LogP contribution >= 0.6 is 0 Å². The maximum Gasteiger partial charge on any atom is 0.323 e. The minimum Gasteiger partial charge on any atom is -0.465 e. The van der Waals surface area contributed by atoms with Gasteiger partial charge < -0.3 is 10.1 Å². The van der Waals surface area contributed by atoms with Crippen LogP contribution in [0.3, 0.4) is 0 Å². The standard InChI is InChI=1S/C15H22N4O2/c1-4-21-15(20)14(18-11(2)3)9-12-5-7-13(8-6-12)10-17-19-16/h5-8,11,14,18H,4,9-10H2,1-3H3/t14-/m0/s1. The van der Waals surface area contributed by atoms with E-state index in [4.69, 9.17) is 10.3 Å². The number of carbonyl (C=O) groups excluding carboxylic acids is 1. The summed E-state index contributed by atoms with van der Waals surface area (Å²) in [6, 6.07) is 7.53. The highest BCUT2D eigenvalue weighted by Crippen LogP contribution is 2.09. The van der Waals surface area contributed by atoms with Crippen LogP contribution in [0.4, 0.5) is 0 Å². The lowest BCUT2D eigenvalue weighted by Gasteiger charge is -2.19. The molecule has 0 saturated heterocycles. The molecule has 0 fully saturated rings. The number of nitrogens with zero attached hydrogens (tertiary/aromatic N) is 3. The van der Waals surface area contributed by atoms with Crippen molar-refractivity contribution in [3.8, 4) is 0 Å². The van der Waals surface area contributed by atoms with Crippen LogP contribution in [0, 0.1) is 0 Å². The highest BCUT2D eigenvalue weighted by Gasteiger charge is 2.20. The highest BCUT2D eigenvalue weighted by molar-refractivity contribution is 5.76. The molecular weight excluding hydrogens is 268 g/mol. The summed E-state index contributed by atoms with van der Waals surface area (Å²) < 4.78 is 5.10. The fourth-order valence-corrected chi connectivity index (χ4v) is 1.99. The van der Waals surface area contributed by atoms with Gasteiger partial charge in [-0.1, -0.05) is 43.2 Å². The van der Waals surface area contributed by atoms with Crippen molar-refractivity contribution in [2.24, 2.45) is 5.11 Å². The van der Waals surface area contributed by atoms with Gasteiger partial charge in [0.05, 0.1) is 13.2 Å². The summed E-state index contributed by atoms with van der Waals surface area (Å²) in [5, 5.41) is 6.74. The molecule has 0 spiro atoms. The van der Waals surface area contributed by atoms with Crippen LogP contribution in [0.25, 0.3) is 10.4 Å². The molecule has 0 aromatic heterocycles. The molecule has 0 heterocycles. The Labute approximate surface area is 125 Å². The Morgan fingerprint density at radius 1 is 1.33 bits per heavy atom. The van der Waals surface area contributed by atoms with E-state index in [0.717, 1.165) is 11.1 Å². The second kappa shape index (κ2) is 9.00. The molecular formula is C15H22N4O2. The molecule has 1 aromatic rings. The Bertz CT molecular complexity index is 493. The second-order valence-corrected chi connectivity index (χ2v) is 5.04. The molecule has 1 atom stereocenters. The highest BCUT2D eigenvalue weighted by atomic mass is 16.5. The number of hydrogen-bond acceptors (Lipinski definition) is 4. The molecule has 1 rings (SSSR count). The Kier molecular flexibility index (Phi) is 7.29. The lowest BCUT2D eigenvalue weighted by atomic mass is 10.0. The zero-order valence-electron chi connectivity index (χ0n) is 12.7. The third-order valence-electron chi connectivity index (χ3n) is 2.88. The molecule has 0 aliphatic rings. The van der Waals surface area contributed by atoms with Gasteiger partial charge in [-0.3, -0.25) is 4.79 Å².